The highest BCUT2D eigenvalue weighted by molar-refractivity contribution is 5.97. The molecule has 1 aromatic heterocycles. The molecule has 0 bridgehead atoms. The van der Waals surface area contributed by atoms with Crippen molar-refractivity contribution in [3.05, 3.63) is 53.2 Å². The Labute approximate surface area is 159 Å². The molecular formula is C19H19F3N4O2. The fourth-order valence-corrected chi connectivity index (χ4v) is 3.00. The Balaban J connectivity index is 1.49. The number of carbonyl (C=O) groups excluding carboxylic acids is 2. The zero-order chi connectivity index (χ0) is 20.3. The van der Waals surface area contributed by atoms with Crippen LogP contribution in [0, 0.1) is 0 Å². The molecule has 0 spiro atoms. The summed E-state index contributed by atoms with van der Waals surface area (Å²) in [6.07, 6.45) is -2.95. The highest BCUT2D eigenvalue weighted by atomic mass is 19.4. The van der Waals surface area contributed by atoms with E-state index < -0.39 is 11.7 Å². The minimum Gasteiger partial charge on any atom is -0.368 e. The van der Waals surface area contributed by atoms with E-state index in [-0.39, 0.29) is 18.4 Å². The van der Waals surface area contributed by atoms with Gasteiger partial charge < -0.3 is 15.5 Å². The molecule has 0 fully saturated rings. The molecule has 0 unspecified atom stereocenters. The summed E-state index contributed by atoms with van der Waals surface area (Å²) in [6, 6.07) is 7.40. The van der Waals surface area contributed by atoms with Crippen LogP contribution in [0.15, 0.2) is 36.5 Å². The summed E-state index contributed by atoms with van der Waals surface area (Å²) in [4.78, 5) is 29.2. The molecule has 0 atom stereocenters. The SMILES string of the molecule is CC(=O)N1CCc2cc(C(=O)NCCNc3ccc(C(F)(F)F)cn3)ccc21. The Morgan fingerprint density at radius 1 is 1.18 bits per heavy atom. The van der Waals surface area contributed by atoms with E-state index in [9.17, 15) is 22.8 Å². The molecule has 0 saturated heterocycles. The average molecular weight is 392 g/mol. The van der Waals surface area contributed by atoms with Gasteiger partial charge in [0.15, 0.2) is 0 Å². The van der Waals surface area contributed by atoms with Gasteiger partial charge in [0.2, 0.25) is 5.91 Å². The molecule has 0 radical (unpaired) electrons. The highest BCUT2D eigenvalue weighted by Crippen LogP contribution is 2.29. The second-order valence-electron chi connectivity index (χ2n) is 6.38. The van der Waals surface area contributed by atoms with E-state index >= 15 is 0 Å². The van der Waals surface area contributed by atoms with Crippen molar-refractivity contribution in [1.29, 1.82) is 0 Å². The van der Waals surface area contributed by atoms with Crippen molar-refractivity contribution >= 4 is 23.3 Å². The normalized spacial score (nSPS) is 13.2. The van der Waals surface area contributed by atoms with Crippen LogP contribution in [0.1, 0.15) is 28.4 Å². The topological polar surface area (TPSA) is 74.3 Å². The number of amides is 2. The summed E-state index contributed by atoms with van der Waals surface area (Å²) in [6.45, 7) is 2.71. The molecule has 0 aliphatic carbocycles. The maximum Gasteiger partial charge on any atom is 0.417 e. The van der Waals surface area contributed by atoms with E-state index in [1.165, 1.54) is 13.0 Å². The van der Waals surface area contributed by atoms with Gasteiger partial charge in [0.05, 0.1) is 5.56 Å². The zero-order valence-electron chi connectivity index (χ0n) is 15.1. The number of anilines is 2. The van der Waals surface area contributed by atoms with Gasteiger partial charge in [-0.05, 0) is 42.3 Å². The third-order valence-electron chi connectivity index (χ3n) is 4.42. The van der Waals surface area contributed by atoms with Crippen molar-refractivity contribution in [2.45, 2.75) is 19.5 Å². The molecular weight excluding hydrogens is 373 g/mol. The fourth-order valence-electron chi connectivity index (χ4n) is 3.00. The Morgan fingerprint density at radius 3 is 2.61 bits per heavy atom. The second kappa shape index (κ2) is 7.87. The molecule has 1 aliphatic rings. The van der Waals surface area contributed by atoms with Crippen molar-refractivity contribution in [1.82, 2.24) is 10.3 Å². The number of alkyl halides is 3. The van der Waals surface area contributed by atoms with E-state index in [1.807, 2.05) is 0 Å². The van der Waals surface area contributed by atoms with Crippen LogP contribution in [0.5, 0.6) is 0 Å². The molecule has 1 aliphatic heterocycles. The fraction of sp³-hybridized carbons (Fsp3) is 0.316. The van der Waals surface area contributed by atoms with Gasteiger partial charge in [-0.25, -0.2) is 4.98 Å². The van der Waals surface area contributed by atoms with Crippen molar-refractivity contribution in [2.24, 2.45) is 0 Å². The molecule has 148 valence electrons. The van der Waals surface area contributed by atoms with Gasteiger partial charge in [-0.15, -0.1) is 0 Å². The van der Waals surface area contributed by atoms with Gasteiger partial charge in [-0.2, -0.15) is 13.2 Å². The lowest BCUT2D eigenvalue weighted by molar-refractivity contribution is -0.137. The van der Waals surface area contributed by atoms with Crippen molar-refractivity contribution in [2.75, 3.05) is 29.9 Å². The van der Waals surface area contributed by atoms with Crippen LogP contribution in [-0.2, 0) is 17.4 Å². The number of hydrogen-bond acceptors (Lipinski definition) is 4. The van der Waals surface area contributed by atoms with Gasteiger partial charge in [0, 0.05) is 44.0 Å². The third-order valence-corrected chi connectivity index (χ3v) is 4.42. The van der Waals surface area contributed by atoms with Crippen molar-refractivity contribution in [3.63, 3.8) is 0 Å². The predicted octanol–water partition coefficient (Wildman–Crippen LogP) is 2.85. The van der Waals surface area contributed by atoms with E-state index in [0.717, 1.165) is 23.5 Å². The summed E-state index contributed by atoms with van der Waals surface area (Å²) < 4.78 is 37.5. The molecule has 9 heteroatoms. The molecule has 6 nitrogen and oxygen atoms in total. The van der Waals surface area contributed by atoms with Crippen LogP contribution in [0.3, 0.4) is 0 Å². The lowest BCUT2D eigenvalue weighted by Gasteiger charge is -2.15. The van der Waals surface area contributed by atoms with E-state index in [1.54, 1.807) is 23.1 Å². The number of hydrogen-bond donors (Lipinski definition) is 2. The molecule has 2 N–H and O–H groups in total. The maximum atomic E-state index is 12.5. The summed E-state index contributed by atoms with van der Waals surface area (Å²) in [5, 5.41) is 5.59. The van der Waals surface area contributed by atoms with Crippen molar-refractivity contribution < 1.29 is 22.8 Å². The monoisotopic (exact) mass is 392 g/mol. The molecule has 2 heterocycles. The summed E-state index contributed by atoms with van der Waals surface area (Å²) in [7, 11) is 0. The molecule has 2 amide bonds. The number of nitrogens with zero attached hydrogens (tertiary/aromatic N) is 2. The number of fused-ring (bicyclic) bond motifs is 1. The summed E-state index contributed by atoms with van der Waals surface area (Å²) in [5.41, 5.74) is 1.47. The van der Waals surface area contributed by atoms with Crippen LogP contribution in [-0.4, -0.2) is 36.4 Å². The lowest BCUT2D eigenvalue weighted by atomic mass is 10.1. The van der Waals surface area contributed by atoms with Crippen LogP contribution in [0.25, 0.3) is 0 Å². The summed E-state index contributed by atoms with van der Waals surface area (Å²) in [5.74, 6) is 0.00857. The van der Waals surface area contributed by atoms with Gasteiger partial charge in [-0.3, -0.25) is 9.59 Å². The first-order chi connectivity index (χ1) is 13.3. The lowest BCUT2D eigenvalue weighted by Crippen LogP contribution is -2.29. The van der Waals surface area contributed by atoms with Gasteiger partial charge in [0.25, 0.3) is 5.91 Å². The maximum absolute atomic E-state index is 12.5. The number of carbonyl (C=O) groups is 2. The Kier molecular flexibility index (Phi) is 5.53. The summed E-state index contributed by atoms with van der Waals surface area (Å²) >= 11 is 0. The molecule has 1 aromatic carbocycles. The zero-order valence-corrected chi connectivity index (χ0v) is 15.1. The number of aromatic nitrogens is 1. The van der Waals surface area contributed by atoms with Crippen LogP contribution >= 0.6 is 0 Å². The van der Waals surface area contributed by atoms with Crippen molar-refractivity contribution in [3.8, 4) is 0 Å². The average Bonchev–Trinajstić information content (AvgIpc) is 3.08. The minimum atomic E-state index is -4.42. The first kappa shape index (κ1) is 19.7. The predicted molar refractivity (Wildman–Crippen MR) is 98.2 cm³/mol. The van der Waals surface area contributed by atoms with E-state index in [0.29, 0.717) is 30.9 Å². The van der Waals surface area contributed by atoms with Gasteiger partial charge >= 0.3 is 6.18 Å². The molecule has 0 saturated carbocycles. The van der Waals surface area contributed by atoms with E-state index in [4.69, 9.17) is 0 Å². The number of halogens is 3. The second-order valence-corrected chi connectivity index (χ2v) is 6.38. The van der Waals surface area contributed by atoms with Gasteiger partial charge in [-0.1, -0.05) is 0 Å². The Bertz CT molecular complexity index is 882. The van der Waals surface area contributed by atoms with Crippen LogP contribution in [0.4, 0.5) is 24.7 Å². The number of nitrogens with one attached hydrogen (secondary N) is 2. The minimum absolute atomic E-state index is 0.0288. The number of rotatable bonds is 5. The van der Waals surface area contributed by atoms with E-state index in [2.05, 4.69) is 15.6 Å². The number of pyridine rings is 1. The smallest absolute Gasteiger partial charge is 0.368 e. The largest absolute Gasteiger partial charge is 0.417 e. The first-order valence-electron chi connectivity index (χ1n) is 8.72. The first-order valence-corrected chi connectivity index (χ1v) is 8.72. The highest BCUT2D eigenvalue weighted by Gasteiger charge is 2.30. The van der Waals surface area contributed by atoms with Crippen LogP contribution in [0.2, 0.25) is 0 Å². The van der Waals surface area contributed by atoms with Crippen LogP contribution < -0.4 is 15.5 Å². The molecule has 2 aromatic rings. The third kappa shape index (κ3) is 4.41. The number of benzene rings is 1. The standard InChI is InChI=1S/C19H19F3N4O2/c1-12(27)26-9-6-13-10-14(2-4-16(13)26)18(28)24-8-7-23-17-5-3-15(11-25-17)19(20,21)22/h2-5,10-11H,6-9H2,1H3,(H,23,25)(H,24,28). The molecule has 28 heavy (non-hydrogen) atoms. The quantitative estimate of drug-likeness (QED) is 0.768. The Hall–Kier alpha value is -3.10. The molecule has 3 rings (SSSR count). The Morgan fingerprint density at radius 2 is 1.96 bits per heavy atom. The van der Waals surface area contributed by atoms with Gasteiger partial charge in [0.1, 0.15) is 5.82 Å².